The van der Waals surface area contributed by atoms with Crippen molar-refractivity contribution in [1.82, 2.24) is 0 Å². The SMILES string of the molecule is C=C(c1c(C(C)C)c(OC)c(OC(C)C)c(OC)c1C(C)C)C(C)C. The minimum atomic E-state index is 0.0296. The zero-order chi connectivity index (χ0) is 19.5. The summed E-state index contributed by atoms with van der Waals surface area (Å²) >= 11 is 0. The van der Waals surface area contributed by atoms with E-state index in [9.17, 15) is 0 Å². The smallest absolute Gasteiger partial charge is 0.204 e. The quantitative estimate of drug-likeness (QED) is 0.543. The summed E-state index contributed by atoms with van der Waals surface area (Å²) < 4.78 is 17.8. The second-order valence-corrected chi connectivity index (χ2v) is 7.75. The van der Waals surface area contributed by atoms with Gasteiger partial charge in [0.05, 0.1) is 20.3 Å². The molecule has 0 unspecified atom stereocenters. The topological polar surface area (TPSA) is 27.7 Å². The zero-order valence-corrected chi connectivity index (χ0v) is 17.7. The van der Waals surface area contributed by atoms with Crippen LogP contribution in [-0.2, 0) is 0 Å². The van der Waals surface area contributed by atoms with E-state index in [1.54, 1.807) is 14.2 Å². The molecule has 3 nitrogen and oxygen atoms in total. The lowest BCUT2D eigenvalue weighted by Gasteiger charge is -2.30. The van der Waals surface area contributed by atoms with Gasteiger partial charge in [0.25, 0.3) is 0 Å². The molecule has 1 aromatic rings. The van der Waals surface area contributed by atoms with E-state index in [0.29, 0.717) is 11.7 Å². The summed E-state index contributed by atoms with van der Waals surface area (Å²) in [6.07, 6.45) is 0.0296. The van der Waals surface area contributed by atoms with E-state index < -0.39 is 0 Å². The number of benzene rings is 1. The molecule has 142 valence electrons. The van der Waals surface area contributed by atoms with Crippen molar-refractivity contribution < 1.29 is 14.2 Å². The highest BCUT2D eigenvalue weighted by Gasteiger charge is 2.31. The third-order valence-corrected chi connectivity index (χ3v) is 4.37. The zero-order valence-electron chi connectivity index (χ0n) is 17.7. The maximum Gasteiger partial charge on any atom is 0.204 e. The second-order valence-electron chi connectivity index (χ2n) is 7.75. The van der Waals surface area contributed by atoms with Gasteiger partial charge in [-0.05, 0) is 42.7 Å². The average molecular weight is 349 g/mol. The molecule has 0 atom stereocenters. The van der Waals surface area contributed by atoms with Gasteiger partial charge in [-0.2, -0.15) is 0 Å². The molecule has 0 aromatic heterocycles. The molecular formula is C22H36O3. The van der Waals surface area contributed by atoms with E-state index in [1.807, 2.05) is 13.8 Å². The van der Waals surface area contributed by atoms with E-state index in [0.717, 1.165) is 28.2 Å². The van der Waals surface area contributed by atoms with Crippen molar-refractivity contribution in [3.05, 3.63) is 23.3 Å². The van der Waals surface area contributed by atoms with Gasteiger partial charge >= 0.3 is 0 Å². The number of hydrogen-bond donors (Lipinski definition) is 0. The first-order chi connectivity index (χ1) is 11.6. The van der Waals surface area contributed by atoms with Crippen molar-refractivity contribution in [2.75, 3.05) is 14.2 Å². The number of ether oxygens (including phenoxy) is 3. The van der Waals surface area contributed by atoms with Crippen molar-refractivity contribution in [3.63, 3.8) is 0 Å². The molecule has 0 spiro atoms. The maximum atomic E-state index is 6.16. The fourth-order valence-electron chi connectivity index (χ4n) is 3.20. The Morgan fingerprint density at radius 2 is 1.12 bits per heavy atom. The van der Waals surface area contributed by atoms with Crippen LogP contribution in [0.3, 0.4) is 0 Å². The minimum absolute atomic E-state index is 0.0296. The van der Waals surface area contributed by atoms with Crippen LogP contribution >= 0.6 is 0 Å². The van der Waals surface area contributed by atoms with Crippen molar-refractivity contribution >= 4 is 5.57 Å². The highest BCUT2D eigenvalue weighted by molar-refractivity contribution is 5.79. The molecule has 1 aromatic carbocycles. The monoisotopic (exact) mass is 348 g/mol. The molecule has 1 rings (SSSR count). The molecule has 0 radical (unpaired) electrons. The van der Waals surface area contributed by atoms with E-state index in [1.165, 1.54) is 5.56 Å². The van der Waals surface area contributed by atoms with Gasteiger partial charge in [0.2, 0.25) is 5.75 Å². The molecule has 0 fully saturated rings. The normalized spacial score (nSPS) is 11.6. The highest BCUT2D eigenvalue weighted by atomic mass is 16.5. The molecule has 0 saturated heterocycles. The van der Waals surface area contributed by atoms with Crippen molar-refractivity contribution in [1.29, 1.82) is 0 Å². The molecule has 0 heterocycles. The average Bonchev–Trinajstić information content (AvgIpc) is 2.51. The van der Waals surface area contributed by atoms with E-state index >= 15 is 0 Å². The van der Waals surface area contributed by atoms with Crippen LogP contribution in [0.15, 0.2) is 6.58 Å². The van der Waals surface area contributed by atoms with Crippen LogP contribution in [0.4, 0.5) is 0 Å². The van der Waals surface area contributed by atoms with Crippen LogP contribution in [0.1, 0.15) is 83.9 Å². The van der Waals surface area contributed by atoms with Gasteiger partial charge in [-0.3, -0.25) is 0 Å². The van der Waals surface area contributed by atoms with Crippen LogP contribution in [0.5, 0.6) is 17.2 Å². The Morgan fingerprint density at radius 1 is 0.720 bits per heavy atom. The summed E-state index contributed by atoms with van der Waals surface area (Å²) in [5.74, 6) is 3.12. The van der Waals surface area contributed by atoms with Gasteiger partial charge in [-0.15, -0.1) is 0 Å². The van der Waals surface area contributed by atoms with Crippen molar-refractivity contribution in [3.8, 4) is 17.2 Å². The number of allylic oxidation sites excluding steroid dienone is 1. The lowest BCUT2D eigenvalue weighted by atomic mass is 9.80. The number of rotatable bonds is 8. The first-order valence-electron chi connectivity index (χ1n) is 9.25. The Bertz CT molecular complexity index is 573. The fourth-order valence-corrected chi connectivity index (χ4v) is 3.20. The lowest BCUT2D eigenvalue weighted by molar-refractivity contribution is 0.216. The Hall–Kier alpha value is -1.64. The Balaban J connectivity index is 4.07. The Morgan fingerprint density at radius 3 is 1.36 bits per heavy atom. The largest absolute Gasteiger partial charge is 0.492 e. The van der Waals surface area contributed by atoms with Gasteiger partial charge < -0.3 is 14.2 Å². The summed E-state index contributed by atoms with van der Waals surface area (Å²) in [5, 5.41) is 0. The predicted molar refractivity (Wildman–Crippen MR) is 107 cm³/mol. The minimum Gasteiger partial charge on any atom is -0.492 e. The summed E-state index contributed by atoms with van der Waals surface area (Å²) in [6, 6.07) is 0. The number of hydrogen-bond acceptors (Lipinski definition) is 3. The molecule has 0 bridgehead atoms. The Kier molecular flexibility index (Phi) is 7.40. The molecular weight excluding hydrogens is 312 g/mol. The maximum absolute atomic E-state index is 6.16. The summed E-state index contributed by atoms with van der Waals surface area (Å²) in [7, 11) is 3.40. The van der Waals surface area contributed by atoms with Gasteiger partial charge in [-0.1, -0.05) is 48.1 Å². The van der Waals surface area contributed by atoms with E-state index in [-0.39, 0.29) is 17.9 Å². The van der Waals surface area contributed by atoms with Gasteiger partial charge in [0.1, 0.15) is 0 Å². The van der Waals surface area contributed by atoms with Crippen molar-refractivity contribution in [2.45, 2.75) is 73.3 Å². The van der Waals surface area contributed by atoms with E-state index in [4.69, 9.17) is 14.2 Å². The summed E-state index contributed by atoms with van der Waals surface area (Å²) in [6.45, 7) is 21.5. The first kappa shape index (κ1) is 21.4. The summed E-state index contributed by atoms with van der Waals surface area (Å²) in [4.78, 5) is 0. The molecule has 0 aliphatic heterocycles. The lowest BCUT2D eigenvalue weighted by Crippen LogP contribution is -2.15. The van der Waals surface area contributed by atoms with Crippen LogP contribution in [0, 0.1) is 5.92 Å². The van der Waals surface area contributed by atoms with Gasteiger partial charge in [0, 0.05) is 11.1 Å². The first-order valence-corrected chi connectivity index (χ1v) is 9.25. The van der Waals surface area contributed by atoms with Gasteiger partial charge in [-0.25, -0.2) is 0 Å². The molecule has 0 amide bonds. The summed E-state index contributed by atoms with van der Waals surface area (Å²) in [5.41, 5.74) is 4.59. The molecule has 0 aliphatic carbocycles. The molecule has 3 heteroatoms. The molecule has 0 saturated carbocycles. The highest BCUT2D eigenvalue weighted by Crippen LogP contribution is 2.52. The third-order valence-electron chi connectivity index (χ3n) is 4.37. The van der Waals surface area contributed by atoms with Crippen LogP contribution < -0.4 is 14.2 Å². The van der Waals surface area contributed by atoms with Crippen LogP contribution in [-0.4, -0.2) is 20.3 Å². The predicted octanol–water partition coefficient (Wildman–Crippen LogP) is 6.41. The Labute approximate surface area is 154 Å². The van der Waals surface area contributed by atoms with Gasteiger partial charge in [0.15, 0.2) is 11.5 Å². The van der Waals surface area contributed by atoms with Crippen molar-refractivity contribution in [2.24, 2.45) is 5.92 Å². The second kappa shape index (κ2) is 8.64. The fraction of sp³-hybridized carbons (Fsp3) is 0.636. The van der Waals surface area contributed by atoms with Crippen LogP contribution in [0.25, 0.3) is 5.57 Å². The molecule has 0 N–H and O–H groups in total. The molecule has 25 heavy (non-hydrogen) atoms. The van der Waals surface area contributed by atoms with Crippen LogP contribution in [0.2, 0.25) is 0 Å². The third kappa shape index (κ3) is 4.31. The number of methoxy groups -OCH3 is 2. The van der Waals surface area contributed by atoms with E-state index in [2.05, 4.69) is 48.1 Å². The standard InChI is InChI=1S/C22H36O3/c1-12(2)16(9)19-17(13(3)4)20(23-10)22(25-15(7)8)21(24-11)18(19)14(5)6/h12-15H,9H2,1-8,10-11H3. The molecule has 0 aliphatic rings.